The lowest BCUT2D eigenvalue weighted by atomic mass is 10.1. The molecule has 29 heavy (non-hydrogen) atoms. The summed E-state index contributed by atoms with van der Waals surface area (Å²) >= 11 is 0. The number of anilines is 2. The van der Waals surface area contributed by atoms with E-state index in [1.807, 2.05) is 49.1 Å². The van der Waals surface area contributed by atoms with Gasteiger partial charge in [0.25, 0.3) is 0 Å². The average molecular weight is 412 g/mol. The minimum Gasteiger partial charge on any atom is -0.394 e. The number of hydrogen-bond donors (Lipinski definition) is 2. The first-order chi connectivity index (χ1) is 13.9. The Bertz CT molecular complexity index is 1160. The van der Waals surface area contributed by atoms with Crippen LogP contribution in [0.25, 0.3) is 10.9 Å². The Hall–Kier alpha value is -2.64. The normalized spacial score (nSPS) is 16.9. The number of aliphatic hydroxyl groups excluding tert-OH is 1. The highest BCUT2D eigenvalue weighted by atomic mass is 32.2. The summed E-state index contributed by atoms with van der Waals surface area (Å²) in [5.74, 6) is 0.772. The molecular formula is C22H25N3O3S. The van der Waals surface area contributed by atoms with Gasteiger partial charge < -0.3 is 15.3 Å². The molecule has 0 spiro atoms. The second kappa shape index (κ2) is 7.65. The van der Waals surface area contributed by atoms with Crippen molar-refractivity contribution < 1.29 is 13.5 Å². The van der Waals surface area contributed by atoms with Gasteiger partial charge in [0.05, 0.1) is 22.8 Å². The van der Waals surface area contributed by atoms with Crippen LogP contribution >= 0.6 is 0 Å². The van der Waals surface area contributed by atoms with E-state index < -0.39 is 9.84 Å². The first-order valence-electron chi connectivity index (χ1n) is 9.72. The van der Waals surface area contributed by atoms with Gasteiger partial charge in [0.15, 0.2) is 9.84 Å². The standard InChI is InChI=1S/C22H25N3O3S/c1-15-7-8-19-18(11-15)20(23-16(2)14-26)12-22(24-19)25-9-10-29(27,28)21-6-4-3-5-17(21)13-25/h3-8,11-12,16,26H,9-10,13-14H2,1-2H3,(H,23,24)/t16-/m0/s1. The molecule has 1 aliphatic heterocycles. The predicted molar refractivity (Wildman–Crippen MR) is 116 cm³/mol. The van der Waals surface area contributed by atoms with Crippen molar-refractivity contribution in [3.8, 4) is 0 Å². The molecule has 0 fully saturated rings. The van der Waals surface area contributed by atoms with Crippen LogP contribution in [0.5, 0.6) is 0 Å². The summed E-state index contributed by atoms with van der Waals surface area (Å²) in [5.41, 5.74) is 3.63. The lowest BCUT2D eigenvalue weighted by Gasteiger charge is -2.24. The molecule has 2 N–H and O–H groups in total. The van der Waals surface area contributed by atoms with Crippen molar-refractivity contribution in [2.45, 2.75) is 31.3 Å². The summed E-state index contributed by atoms with van der Waals surface area (Å²) in [6.45, 7) is 4.81. The number of aryl methyl sites for hydroxylation is 1. The molecule has 1 aromatic heterocycles. The number of aliphatic hydroxyl groups is 1. The Morgan fingerprint density at radius 2 is 2.00 bits per heavy atom. The molecule has 3 aromatic rings. The third-order valence-electron chi connectivity index (χ3n) is 5.25. The molecule has 6 nitrogen and oxygen atoms in total. The Morgan fingerprint density at radius 3 is 2.79 bits per heavy atom. The predicted octanol–water partition coefficient (Wildman–Crippen LogP) is 3.13. The van der Waals surface area contributed by atoms with Crippen LogP contribution in [-0.4, -0.2) is 43.5 Å². The molecule has 2 aromatic carbocycles. The van der Waals surface area contributed by atoms with Crippen LogP contribution in [0.3, 0.4) is 0 Å². The number of benzene rings is 2. The molecule has 1 aliphatic rings. The van der Waals surface area contributed by atoms with E-state index in [2.05, 4.69) is 11.4 Å². The van der Waals surface area contributed by atoms with E-state index in [1.165, 1.54) is 0 Å². The van der Waals surface area contributed by atoms with Gasteiger partial charge >= 0.3 is 0 Å². The zero-order chi connectivity index (χ0) is 20.6. The van der Waals surface area contributed by atoms with Crippen molar-refractivity contribution in [2.75, 3.05) is 29.1 Å². The van der Waals surface area contributed by atoms with E-state index in [-0.39, 0.29) is 18.4 Å². The minimum absolute atomic E-state index is 0.0142. The van der Waals surface area contributed by atoms with Crippen LogP contribution in [0.2, 0.25) is 0 Å². The summed E-state index contributed by atoms with van der Waals surface area (Å²) in [6, 6.07) is 15.1. The number of nitrogens with zero attached hydrogens (tertiary/aromatic N) is 2. The summed E-state index contributed by atoms with van der Waals surface area (Å²) < 4.78 is 25.4. The monoisotopic (exact) mass is 411 g/mol. The molecular weight excluding hydrogens is 386 g/mol. The van der Waals surface area contributed by atoms with Gasteiger partial charge in [0, 0.05) is 36.3 Å². The highest BCUT2D eigenvalue weighted by Crippen LogP contribution is 2.31. The molecule has 0 aliphatic carbocycles. The fraction of sp³-hybridized carbons (Fsp3) is 0.318. The Labute approximate surface area is 171 Å². The Morgan fingerprint density at radius 1 is 1.21 bits per heavy atom. The van der Waals surface area contributed by atoms with E-state index in [0.717, 1.165) is 33.5 Å². The van der Waals surface area contributed by atoms with Crippen LogP contribution in [0.15, 0.2) is 53.4 Å². The maximum atomic E-state index is 12.7. The maximum Gasteiger partial charge on any atom is 0.180 e. The lowest BCUT2D eigenvalue weighted by Crippen LogP contribution is -2.27. The highest BCUT2D eigenvalue weighted by Gasteiger charge is 2.26. The van der Waals surface area contributed by atoms with Gasteiger partial charge in [-0.2, -0.15) is 0 Å². The molecule has 0 radical (unpaired) electrons. The summed E-state index contributed by atoms with van der Waals surface area (Å²) in [7, 11) is -3.32. The van der Waals surface area contributed by atoms with Gasteiger partial charge in [-0.25, -0.2) is 13.4 Å². The number of sulfone groups is 1. The number of rotatable bonds is 4. The maximum absolute atomic E-state index is 12.7. The van der Waals surface area contributed by atoms with Gasteiger partial charge in [-0.1, -0.05) is 29.8 Å². The second-order valence-corrected chi connectivity index (χ2v) is 9.70. The van der Waals surface area contributed by atoms with E-state index in [1.54, 1.807) is 12.1 Å². The second-order valence-electron chi connectivity index (χ2n) is 7.62. The van der Waals surface area contributed by atoms with Gasteiger partial charge in [0.2, 0.25) is 0 Å². The van der Waals surface area contributed by atoms with Crippen LogP contribution in [0.1, 0.15) is 18.1 Å². The quantitative estimate of drug-likeness (QED) is 0.686. The molecule has 4 rings (SSSR count). The van der Waals surface area contributed by atoms with Gasteiger partial charge in [-0.05, 0) is 37.6 Å². The summed E-state index contributed by atoms with van der Waals surface area (Å²) in [5, 5.41) is 13.8. The van der Waals surface area contributed by atoms with Crippen molar-refractivity contribution >= 4 is 32.2 Å². The van der Waals surface area contributed by atoms with E-state index in [4.69, 9.17) is 4.98 Å². The first-order valence-corrected chi connectivity index (χ1v) is 11.4. The minimum atomic E-state index is -3.32. The van der Waals surface area contributed by atoms with E-state index in [9.17, 15) is 13.5 Å². The zero-order valence-electron chi connectivity index (χ0n) is 16.6. The van der Waals surface area contributed by atoms with Crippen molar-refractivity contribution in [3.05, 3.63) is 59.7 Å². The number of aromatic nitrogens is 1. The fourth-order valence-corrected chi connectivity index (χ4v) is 5.18. The van der Waals surface area contributed by atoms with Crippen LogP contribution in [0, 0.1) is 6.92 Å². The largest absolute Gasteiger partial charge is 0.394 e. The van der Waals surface area contributed by atoms with Crippen LogP contribution in [0.4, 0.5) is 11.5 Å². The van der Waals surface area contributed by atoms with Crippen molar-refractivity contribution in [3.63, 3.8) is 0 Å². The van der Waals surface area contributed by atoms with Crippen molar-refractivity contribution in [2.24, 2.45) is 0 Å². The summed E-state index contributed by atoms with van der Waals surface area (Å²) in [4.78, 5) is 7.24. The number of hydrogen-bond acceptors (Lipinski definition) is 6. The van der Waals surface area contributed by atoms with Crippen molar-refractivity contribution in [1.29, 1.82) is 0 Å². The Balaban J connectivity index is 1.81. The molecule has 7 heteroatoms. The lowest BCUT2D eigenvalue weighted by molar-refractivity contribution is 0.281. The molecule has 2 heterocycles. The van der Waals surface area contributed by atoms with Crippen LogP contribution < -0.4 is 10.2 Å². The molecule has 0 unspecified atom stereocenters. The fourth-order valence-electron chi connectivity index (χ4n) is 3.68. The number of fused-ring (bicyclic) bond motifs is 2. The molecule has 1 atom stereocenters. The topological polar surface area (TPSA) is 82.5 Å². The number of nitrogens with one attached hydrogen (secondary N) is 1. The zero-order valence-corrected chi connectivity index (χ0v) is 17.4. The smallest absolute Gasteiger partial charge is 0.180 e. The van der Waals surface area contributed by atoms with E-state index in [0.29, 0.717) is 18.0 Å². The first kappa shape index (κ1) is 19.7. The van der Waals surface area contributed by atoms with Gasteiger partial charge in [-0.15, -0.1) is 0 Å². The van der Waals surface area contributed by atoms with Crippen molar-refractivity contribution in [1.82, 2.24) is 4.98 Å². The molecule has 0 saturated carbocycles. The van der Waals surface area contributed by atoms with E-state index >= 15 is 0 Å². The number of pyridine rings is 1. The summed E-state index contributed by atoms with van der Waals surface area (Å²) in [6.07, 6.45) is 0. The molecule has 152 valence electrons. The highest BCUT2D eigenvalue weighted by molar-refractivity contribution is 7.91. The van der Waals surface area contributed by atoms with Crippen LogP contribution in [-0.2, 0) is 16.4 Å². The third-order valence-corrected chi connectivity index (χ3v) is 7.04. The molecule has 0 saturated heterocycles. The molecule has 0 amide bonds. The molecule has 0 bridgehead atoms. The Kier molecular flexibility index (Phi) is 5.19. The third kappa shape index (κ3) is 3.93. The van der Waals surface area contributed by atoms with Gasteiger partial charge in [-0.3, -0.25) is 0 Å². The average Bonchev–Trinajstić information content (AvgIpc) is 2.84. The van der Waals surface area contributed by atoms with Gasteiger partial charge in [0.1, 0.15) is 5.82 Å². The SMILES string of the molecule is Cc1ccc2nc(N3CCS(=O)(=O)c4ccccc4C3)cc(N[C@@H](C)CO)c2c1.